The molecule has 0 radical (unpaired) electrons. The van der Waals surface area contributed by atoms with Crippen LogP contribution in [0.2, 0.25) is 5.02 Å². The number of nitrogens with zero attached hydrogens (tertiary/aromatic N) is 5. The number of alkyl halides is 2. The number of hydrogen-bond donors (Lipinski definition) is 1. The van der Waals surface area contributed by atoms with Gasteiger partial charge in [-0.15, -0.1) is 0 Å². The Labute approximate surface area is 272 Å². The summed E-state index contributed by atoms with van der Waals surface area (Å²) in [6, 6.07) is 14.3. The van der Waals surface area contributed by atoms with Gasteiger partial charge in [-0.1, -0.05) is 29.8 Å². The smallest absolute Gasteiger partial charge is 0.298 e. The first-order chi connectivity index (χ1) is 22.5. The van der Waals surface area contributed by atoms with Gasteiger partial charge in [0.25, 0.3) is 17.7 Å². The first-order valence-electron chi connectivity index (χ1n) is 14.4. The van der Waals surface area contributed by atoms with Gasteiger partial charge >= 0.3 is 0 Å². The molecular formula is C33H27ClF2N6O5. The molecule has 47 heavy (non-hydrogen) atoms. The van der Waals surface area contributed by atoms with Crippen LogP contribution in [0.4, 0.5) is 20.2 Å². The average molecular weight is 661 g/mol. The molecule has 3 aromatic carbocycles. The number of hydrogen-bond acceptors (Lipinski definition) is 7. The molecular weight excluding hydrogens is 634 g/mol. The van der Waals surface area contributed by atoms with Gasteiger partial charge in [0.1, 0.15) is 17.6 Å². The minimum absolute atomic E-state index is 0.0571. The highest BCUT2D eigenvalue weighted by atomic mass is 35.5. The standard InChI is InChI=1S/C33H27ClF2N6O5/c1-18(43)40-16-26-27(17-40)42-30(25(15-38-42)39-31(44)19-4-11-28(46-2)20(12-19)14-37)32(45)41(26)23-8-5-21(6-9-23)33(35,36)22-7-10-24(34)29(13-22)47-3/h4-13,15,26-27H,16-17H2,1-3H3,(H,39,44)/t26-,27+/m0/s1. The van der Waals surface area contributed by atoms with E-state index in [1.165, 1.54) is 97.6 Å². The molecule has 0 saturated carbocycles. The van der Waals surface area contributed by atoms with E-state index in [4.69, 9.17) is 21.1 Å². The van der Waals surface area contributed by atoms with Crippen molar-refractivity contribution in [3.05, 3.63) is 99.8 Å². The van der Waals surface area contributed by atoms with Gasteiger partial charge in [0, 0.05) is 42.4 Å². The molecule has 0 spiro atoms. The summed E-state index contributed by atoms with van der Waals surface area (Å²) in [5, 5.41) is 16.8. The van der Waals surface area contributed by atoms with E-state index in [1.807, 2.05) is 6.07 Å². The molecule has 3 amide bonds. The van der Waals surface area contributed by atoms with Crippen molar-refractivity contribution in [1.82, 2.24) is 14.7 Å². The first-order valence-corrected chi connectivity index (χ1v) is 14.7. The number of halogens is 3. The van der Waals surface area contributed by atoms with Gasteiger partial charge in [0.15, 0.2) is 5.69 Å². The zero-order chi connectivity index (χ0) is 33.6. The van der Waals surface area contributed by atoms with E-state index < -0.39 is 29.8 Å². The SMILES string of the molecule is COc1cc(C(F)(F)c2ccc(N3C(=O)c4c(NC(=O)c5ccc(OC)c(C#N)c5)cnn4[C@@H]4CN(C(C)=O)C[C@@H]43)cc2)ccc1Cl. The Morgan fingerprint density at radius 1 is 1.00 bits per heavy atom. The van der Waals surface area contributed by atoms with Crippen molar-refractivity contribution in [2.75, 3.05) is 37.5 Å². The third-order valence-corrected chi connectivity index (χ3v) is 8.73. The molecule has 6 rings (SSSR count). The summed E-state index contributed by atoms with van der Waals surface area (Å²) in [5.74, 6) is -4.33. The minimum atomic E-state index is -3.41. The van der Waals surface area contributed by atoms with Gasteiger partial charge in [-0.25, -0.2) is 0 Å². The number of carbonyl (C=O) groups is 3. The summed E-state index contributed by atoms with van der Waals surface area (Å²) < 4.78 is 43.0. The number of nitriles is 1. The maximum atomic E-state index is 15.6. The first kappa shape index (κ1) is 31.5. The van der Waals surface area contributed by atoms with Crippen LogP contribution in [0.3, 0.4) is 0 Å². The van der Waals surface area contributed by atoms with E-state index in [-0.39, 0.29) is 63.4 Å². The van der Waals surface area contributed by atoms with Gasteiger partial charge in [0.05, 0.1) is 48.8 Å². The number of likely N-dealkylation sites (tertiary alicyclic amines) is 1. The predicted octanol–water partition coefficient (Wildman–Crippen LogP) is 5.25. The van der Waals surface area contributed by atoms with Crippen LogP contribution in [-0.4, -0.2) is 65.8 Å². The zero-order valence-electron chi connectivity index (χ0n) is 25.3. The Hall–Kier alpha value is -5.48. The zero-order valence-corrected chi connectivity index (χ0v) is 26.1. The second kappa shape index (κ2) is 12.0. The molecule has 0 unspecified atom stereocenters. The molecule has 3 heterocycles. The van der Waals surface area contributed by atoms with Gasteiger partial charge in [-0.3, -0.25) is 24.0 Å². The minimum Gasteiger partial charge on any atom is -0.495 e. The van der Waals surface area contributed by atoms with E-state index in [1.54, 1.807) is 4.90 Å². The largest absolute Gasteiger partial charge is 0.495 e. The molecule has 2 atom stereocenters. The van der Waals surface area contributed by atoms with Gasteiger partial charge in [-0.05, 0) is 42.5 Å². The van der Waals surface area contributed by atoms with E-state index in [0.717, 1.165) is 0 Å². The highest BCUT2D eigenvalue weighted by Crippen LogP contribution is 2.42. The number of amides is 3. The second-order valence-electron chi connectivity index (χ2n) is 11.0. The molecule has 0 aliphatic carbocycles. The maximum Gasteiger partial charge on any atom is 0.298 e. The highest BCUT2D eigenvalue weighted by molar-refractivity contribution is 6.32. The lowest BCUT2D eigenvalue weighted by Crippen LogP contribution is -2.51. The molecule has 0 bridgehead atoms. The summed E-state index contributed by atoms with van der Waals surface area (Å²) >= 11 is 6.03. The number of benzene rings is 3. The molecule has 4 aromatic rings. The fourth-order valence-electron chi connectivity index (χ4n) is 6.00. The lowest BCUT2D eigenvalue weighted by atomic mass is 9.98. The number of anilines is 2. The molecule has 1 saturated heterocycles. The molecule has 2 aliphatic heterocycles. The molecule has 14 heteroatoms. The number of ether oxygens (including phenoxy) is 2. The Morgan fingerprint density at radius 2 is 1.68 bits per heavy atom. The van der Waals surface area contributed by atoms with Crippen molar-refractivity contribution >= 4 is 40.7 Å². The van der Waals surface area contributed by atoms with Crippen LogP contribution < -0.4 is 19.7 Å². The van der Waals surface area contributed by atoms with Crippen molar-refractivity contribution in [2.45, 2.75) is 24.9 Å². The van der Waals surface area contributed by atoms with Crippen LogP contribution in [0.5, 0.6) is 11.5 Å². The summed E-state index contributed by atoms with van der Waals surface area (Å²) in [5.41, 5.74) is 0.150. The Morgan fingerprint density at radius 3 is 2.34 bits per heavy atom. The van der Waals surface area contributed by atoms with Crippen LogP contribution in [0.15, 0.2) is 66.9 Å². The van der Waals surface area contributed by atoms with Crippen molar-refractivity contribution in [3.8, 4) is 17.6 Å². The average Bonchev–Trinajstić information content (AvgIpc) is 3.70. The van der Waals surface area contributed by atoms with E-state index in [9.17, 15) is 19.6 Å². The topological polar surface area (TPSA) is 130 Å². The van der Waals surface area contributed by atoms with E-state index in [0.29, 0.717) is 11.4 Å². The quantitative estimate of drug-likeness (QED) is 0.287. The number of fused-ring (bicyclic) bond motifs is 3. The van der Waals surface area contributed by atoms with Crippen molar-refractivity contribution in [1.29, 1.82) is 5.26 Å². The number of carbonyl (C=O) groups excluding carboxylic acids is 3. The summed E-state index contributed by atoms with van der Waals surface area (Å²) in [4.78, 5) is 42.9. The number of aromatic nitrogens is 2. The predicted molar refractivity (Wildman–Crippen MR) is 167 cm³/mol. The van der Waals surface area contributed by atoms with E-state index >= 15 is 8.78 Å². The molecule has 1 fully saturated rings. The fourth-order valence-corrected chi connectivity index (χ4v) is 6.19. The van der Waals surface area contributed by atoms with Gasteiger partial charge < -0.3 is 19.7 Å². The molecule has 2 aliphatic rings. The monoisotopic (exact) mass is 660 g/mol. The number of nitrogens with one attached hydrogen (secondary N) is 1. The molecule has 240 valence electrons. The summed E-state index contributed by atoms with van der Waals surface area (Å²) in [6.07, 6.45) is 1.35. The lowest BCUT2D eigenvalue weighted by Gasteiger charge is -2.37. The van der Waals surface area contributed by atoms with Crippen molar-refractivity contribution in [2.24, 2.45) is 0 Å². The maximum absolute atomic E-state index is 15.6. The normalized spacial score (nSPS) is 17.1. The van der Waals surface area contributed by atoms with Crippen LogP contribution in [-0.2, 0) is 10.7 Å². The van der Waals surface area contributed by atoms with Crippen LogP contribution in [0.25, 0.3) is 0 Å². The number of rotatable bonds is 7. The second-order valence-corrected chi connectivity index (χ2v) is 11.4. The summed E-state index contributed by atoms with van der Waals surface area (Å²) in [6.45, 7) is 1.86. The third-order valence-electron chi connectivity index (χ3n) is 8.42. The van der Waals surface area contributed by atoms with Gasteiger partial charge in [0.2, 0.25) is 5.91 Å². The van der Waals surface area contributed by atoms with Crippen molar-refractivity contribution in [3.63, 3.8) is 0 Å². The third kappa shape index (κ3) is 5.40. The Kier molecular flexibility index (Phi) is 8.07. The van der Waals surface area contributed by atoms with Crippen LogP contribution in [0.1, 0.15) is 50.5 Å². The molecule has 11 nitrogen and oxygen atoms in total. The Bertz CT molecular complexity index is 1960. The fraction of sp³-hybridized carbons (Fsp3) is 0.242. The van der Waals surface area contributed by atoms with E-state index in [2.05, 4.69) is 10.4 Å². The molecule has 1 aromatic heterocycles. The Balaban J connectivity index is 1.35. The lowest BCUT2D eigenvalue weighted by molar-refractivity contribution is -0.127. The van der Waals surface area contributed by atoms with Crippen LogP contribution in [0, 0.1) is 11.3 Å². The molecule has 1 N–H and O–H groups in total. The highest BCUT2D eigenvalue weighted by Gasteiger charge is 2.48. The van der Waals surface area contributed by atoms with Crippen molar-refractivity contribution < 1.29 is 32.6 Å². The van der Waals surface area contributed by atoms with Gasteiger partial charge in [-0.2, -0.15) is 19.1 Å². The number of methoxy groups -OCH3 is 2. The van der Waals surface area contributed by atoms with Crippen LogP contribution >= 0.6 is 11.6 Å². The summed E-state index contributed by atoms with van der Waals surface area (Å²) in [7, 11) is 2.75.